The van der Waals surface area contributed by atoms with E-state index < -0.39 is 76.1 Å². The van der Waals surface area contributed by atoms with Gasteiger partial charge in [0.15, 0.2) is 0 Å². The fourth-order valence-electron chi connectivity index (χ4n) is 3.44. The first-order chi connectivity index (χ1) is 20.9. The Bertz CT molecular complexity index is 1370. The van der Waals surface area contributed by atoms with E-state index in [-0.39, 0.29) is 30.3 Å². The van der Waals surface area contributed by atoms with E-state index in [1.54, 1.807) is 37.3 Å². The second-order valence-corrected chi connectivity index (χ2v) is 9.82. The van der Waals surface area contributed by atoms with Crippen molar-refractivity contribution < 1.29 is 48.4 Å². The lowest BCUT2D eigenvalue weighted by atomic mass is 10.1. The van der Waals surface area contributed by atoms with E-state index in [0.717, 1.165) is 30.0 Å². The minimum atomic E-state index is -1.52. The molecule has 18 heteroatoms. The smallest absolute Gasteiger partial charge is 0.408 e. The minimum absolute atomic E-state index is 0.0396. The van der Waals surface area contributed by atoms with E-state index in [0.29, 0.717) is 5.56 Å². The molecular weight excluding hydrogens is 606 g/mol. The Morgan fingerprint density at radius 2 is 1.66 bits per heavy atom. The second-order valence-electron chi connectivity index (χ2n) is 8.76. The highest BCUT2D eigenvalue weighted by molar-refractivity contribution is 7.99. The largest absolute Gasteiger partial charge is 0.480 e. The first kappa shape index (κ1) is 34.9. The molecule has 3 amide bonds. The number of alkyl carbamates (subject to hydrolysis) is 1. The lowest BCUT2D eigenvalue weighted by molar-refractivity contribution is -0.396. The van der Waals surface area contributed by atoms with Crippen molar-refractivity contribution in [1.82, 2.24) is 16.0 Å². The Balaban J connectivity index is 2.06. The number of amides is 3. The molecule has 2 rings (SSSR count). The number of esters is 1. The van der Waals surface area contributed by atoms with Gasteiger partial charge in [-0.1, -0.05) is 30.3 Å². The third kappa shape index (κ3) is 11.9. The van der Waals surface area contributed by atoms with Gasteiger partial charge in [0, 0.05) is 18.2 Å². The molecule has 0 aliphatic carbocycles. The van der Waals surface area contributed by atoms with Gasteiger partial charge in [-0.05, 0) is 25.0 Å². The molecule has 2 unspecified atom stereocenters. The highest BCUT2D eigenvalue weighted by atomic mass is 32.2. The fourth-order valence-corrected chi connectivity index (χ4v) is 4.47. The zero-order valence-electron chi connectivity index (χ0n) is 23.3. The molecular formula is C26H29N5O12S. The van der Waals surface area contributed by atoms with E-state index in [1.165, 1.54) is 0 Å². The van der Waals surface area contributed by atoms with Crippen LogP contribution in [-0.4, -0.2) is 75.8 Å². The van der Waals surface area contributed by atoms with E-state index in [1.807, 2.05) is 0 Å². The minimum Gasteiger partial charge on any atom is -0.480 e. The third-order valence-electron chi connectivity index (χ3n) is 5.58. The molecule has 236 valence electrons. The number of nitro groups is 2. The molecule has 0 aliphatic rings. The summed E-state index contributed by atoms with van der Waals surface area (Å²) in [6, 6.07) is 8.62. The van der Waals surface area contributed by atoms with Crippen molar-refractivity contribution in [3.05, 3.63) is 74.3 Å². The van der Waals surface area contributed by atoms with Gasteiger partial charge in [0.1, 0.15) is 25.2 Å². The van der Waals surface area contributed by atoms with Crippen molar-refractivity contribution in [2.75, 3.05) is 18.9 Å². The Labute approximate surface area is 254 Å². The van der Waals surface area contributed by atoms with Crippen LogP contribution < -0.4 is 16.0 Å². The SMILES string of the molecule is CCOC(=O)CNC(=O)C(CSc1ccc([N+](=O)[O-])cc1[N+](=O)[O-])NC(=O)CCC(NC(=O)OCc1ccccc1)C(=O)O. The Morgan fingerprint density at radius 3 is 2.27 bits per heavy atom. The number of aliphatic carboxylic acids is 1. The highest BCUT2D eigenvalue weighted by Gasteiger charge is 2.27. The van der Waals surface area contributed by atoms with Gasteiger partial charge in [0.25, 0.3) is 11.4 Å². The van der Waals surface area contributed by atoms with Crippen LogP contribution in [0.3, 0.4) is 0 Å². The first-order valence-electron chi connectivity index (χ1n) is 12.9. The number of nitro benzene ring substituents is 2. The number of carbonyl (C=O) groups is 5. The number of nitrogens with one attached hydrogen (secondary N) is 3. The molecule has 0 aliphatic heterocycles. The van der Waals surface area contributed by atoms with Crippen LogP contribution in [0.2, 0.25) is 0 Å². The summed E-state index contributed by atoms with van der Waals surface area (Å²) in [6.45, 7) is 0.940. The predicted molar refractivity (Wildman–Crippen MR) is 152 cm³/mol. The number of hydrogen-bond acceptors (Lipinski definition) is 12. The van der Waals surface area contributed by atoms with Gasteiger partial charge in [-0.2, -0.15) is 0 Å². The topological polar surface area (TPSA) is 246 Å². The van der Waals surface area contributed by atoms with E-state index in [4.69, 9.17) is 9.47 Å². The molecule has 0 radical (unpaired) electrons. The van der Waals surface area contributed by atoms with Crippen molar-refractivity contribution in [3.8, 4) is 0 Å². The van der Waals surface area contributed by atoms with Gasteiger partial charge in [0.05, 0.1) is 27.4 Å². The molecule has 44 heavy (non-hydrogen) atoms. The third-order valence-corrected chi connectivity index (χ3v) is 6.74. The van der Waals surface area contributed by atoms with Crippen LogP contribution >= 0.6 is 11.8 Å². The molecule has 17 nitrogen and oxygen atoms in total. The molecule has 4 N–H and O–H groups in total. The van der Waals surface area contributed by atoms with Crippen LogP contribution in [0, 0.1) is 20.2 Å². The van der Waals surface area contributed by atoms with Crippen LogP contribution in [0.1, 0.15) is 25.3 Å². The number of rotatable bonds is 17. The van der Waals surface area contributed by atoms with Crippen molar-refractivity contribution in [2.45, 2.75) is 43.4 Å². The standard InChI is InChI=1S/C26H29N5O12S/c1-2-42-23(33)13-27-24(34)19(15-44-21-10-8-17(30(38)39)12-20(21)31(40)41)28-22(32)11-9-18(25(35)36)29-26(37)43-14-16-6-4-3-5-7-16/h3-8,10,12,18-19H,2,9,11,13-15H2,1H3,(H,27,34)(H,28,32)(H,29,37)(H,35,36). The monoisotopic (exact) mass is 635 g/mol. The average molecular weight is 636 g/mol. The summed E-state index contributed by atoms with van der Waals surface area (Å²) < 4.78 is 9.74. The van der Waals surface area contributed by atoms with Crippen LogP contribution in [-0.2, 0) is 35.3 Å². The second kappa shape index (κ2) is 17.6. The van der Waals surface area contributed by atoms with Crippen molar-refractivity contribution in [3.63, 3.8) is 0 Å². The average Bonchev–Trinajstić information content (AvgIpc) is 2.99. The summed E-state index contributed by atoms with van der Waals surface area (Å²) >= 11 is 0.736. The van der Waals surface area contributed by atoms with Crippen molar-refractivity contribution in [1.29, 1.82) is 0 Å². The van der Waals surface area contributed by atoms with Gasteiger partial charge in [-0.3, -0.25) is 34.6 Å². The maximum absolute atomic E-state index is 12.8. The lowest BCUT2D eigenvalue weighted by Crippen LogP contribution is -2.50. The van der Waals surface area contributed by atoms with Gasteiger partial charge in [-0.15, -0.1) is 11.8 Å². The molecule has 0 spiro atoms. The molecule has 2 atom stereocenters. The zero-order chi connectivity index (χ0) is 32.6. The normalized spacial score (nSPS) is 11.8. The quantitative estimate of drug-likeness (QED) is 0.0840. The number of carboxylic acids is 1. The molecule has 2 aromatic rings. The molecule has 0 saturated heterocycles. The van der Waals surface area contributed by atoms with Crippen LogP contribution in [0.25, 0.3) is 0 Å². The summed E-state index contributed by atoms with van der Waals surface area (Å²) in [5.41, 5.74) is -0.461. The summed E-state index contributed by atoms with van der Waals surface area (Å²) in [6.07, 6.45) is -1.89. The molecule has 2 aromatic carbocycles. The summed E-state index contributed by atoms with van der Waals surface area (Å²) in [7, 11) is 0. The first-order valence-corrected chi connectivity index (χ1v) is 13.9. The lowest BCUT2D eigenvalue weighted by Gasteiger charge is -2.19. The maximum atomic E-state index is 12.8. The Morgan fingerprint density at radius 1 is 0.955 bits per heavy atom. The number of carboxylic acid groups (broad SMARTS) is 1. The molecule has 0 saturated carbocycles. The van der Waals surface area contributed by atoms with Gasteiger partial charge >= 0.3 is 18.0 Å². The Hall–Kier alpha value is -5.26. The van der Waals surface area contributed by atoms with E-state index in [2.05, 4.69) is 16.0 Å². The number of ether oxygens (including phenoxy) is 2. The van der Waals surface area contributed by atoms with E-state index in [9.17, 15) is 49.3 Å². The molecule has 0 aromatic heterocycles. The predicted octanol–water partition coefficient (Wildman–Crippen LogP) is 1.92. The number of thioether (sulfide) groups is 1. The van der Waals surface area contributed by atoms with Crippen LogP contribution in [0.15, 0.2) is 53.4 Å². The number of hydrogen-bond donors (Lipinski definition) is 4. The van der Waals surface area contributed by atoms with Crippen LogP contribution in [0.5, 0.6) is 0 Å². The number of carbonyl (C=O) groups excluding carboxylic acids is 4. The van der Waals surface area contributed by atoms with Crippen LogP contribution in [0.4, 0.5) is 16.2 Å². The molecule has 0 heterocycles. The molecule has 0 fully saturated rings. The maximum Gasteiger partial charge on any atom is 0.408 e. The van der Waals surface area contributed by atoms with Gasteiger partial charge < -0.3 is 30.5 Å². The van der Waals surface area contributed by atoms with Crippen molar-refractivity contribution in [2.24, 2.45) is 0 Å². The van der Waals surface area contributed by atoms with Gasteiger partial charge in [0.2, 0.25) is 11.8 Å². The molecule has 0 bridgehead atoms. The Kier molecular flexibility index (Phi) is 14.0. The number of non-ortho nitro benzene ring substituents is 1. The summed E-state index contributed by atoms with van der Waals surface area (Å²) in [5.74, 6) is -4.20. The zero-order valence-corrected chi connectivity index (χ0v) is 24.1. The highest BCUT2D eigenvalue weighted by Crippen LogP contribution is 2.32. The summed E-state index contributed by atoms with van der Waals surface area (Å²) in [5, 5.41) is 38.8. The fraction of sp³-hybridized carbons (Fsp3) is 0.346. The number of nitrogens with zero attached hydrogens (tertiary/aromatic N) is 2. The van der Waals surface area contributed by atoms with Gasteiger partial charge in [-0.25, -0.2) is 9.59 Å². The number of benzene rings is 2. The van der Waals surface area contributed by atoms with E-state index >= 15 is 0 Å². The van der Waals surface area contributed by atoms with Crippen molar-refractivity contribution >= 4 is 53.0 Å². The summed E-state index contributed by atoms with van der Waals surface area (Å²) in [4.78, 5) is 81.7.